The maximum Gasteiger partial charge on any atom is 0.185 e. The molecule has 0 aromatic carbocycles. The summed E-state index contributed by atoms with van der Waals surface area (Å²) in [5.41, 5.74) is 89.9. The quantitative estimate of drug-likeness (QED) is 0.0175. The van der Waals surface area contributed by atoms with Crippen LogP contribution in [0.5, 0.6) is 0 Å². The third-order valence-electron chi connectivity index (χ3n) is 12.4. The van der Waals surface area contributed by atoms with Crippen LogP contribution in [0.25, 0.3) is 0 Å². The van der Waals surface area contributed by atoms with Crippen LogP contribution in [0.4, 0.5) is 0 Å². The summed E-state index contributed by atoms with van der Waals surface area (Å²) in [5.74, 6) is 0.827. The molecule has 0 fully saturated rings. The minimum Gasteiger partial charge on any atom is -0.370 e. The number of rotatable bonds is 53. The first-order chi connectivity index (χ1) is 37.4. The molecule has 0 unspecified atom stereocenters. The molecule has 0 aromatic rings. The fourth-order valence-electron chi connectivity index (χ4n) is 8.77. The molecule has 0 atom stereocenters. The van der Waals surface area contributed by atoms with Crippen molar-refractivity contribution in [2.24, 2.45) is 132 Å². The first-order valence-electron chi connectivity index (χ1n) is 28.1. The molecule has 0 amide bonds. The van der Waals surface area contributed by atoms with Gasteiger partial charge in [-0.1, -0.05) is 0 Å². The van der Waals surface area contributed by atoms with Gasteiger partial charge >= 0.3 is 0 Å². The van der Waals surface area contributed by atoms with Gasteiger partial charge in [-0.15, -0.1) is 99.3 Å². The zero-order valence-corrected chi connectivity index (χ0v) is 57.6. The highest BCUT2D eigenvalue weighted by Crippen LogP contribution is 2.09. The second kappa shape index (κ2) is 70.3. The van der Waals surface area contributed by atoms with Crippen LogP contribution in [0.3, 0.4) is 0 Å². The van der Waals surface area contributed by atoms with Crippen LogP contribution >= 0.6 is 99.3 Å². The fourth-order valence-corrected chi connectivity index (χ4v) is 8.77. The molecule has 38 heteroatoms. The van der Waals surface area contributed by atoms with Gasteiger partial charge in [-0.3, -0.25) is 39.9 Å². The summed E-state index contributed by atoms with van der Waals surface area (Å²) in [6.45, 7) is 21.0. The lowest BCUT2D eigenvalue weighted by Crippen LogP contribution is -2.36. The Kier molecular flexibility index (Phi) is 82.7. The van der Waals surface area contributed by atoms with E-state index in [1.165, 1.54) is 0 Å². The Labute approximate surface area is 564 Å². The minimum absolute atomic E-state index is 0. The van der Waals surface area contributed by atoms with Crippen LogP contribution in [-0.2, 0) is 0 Å². The Morgan fingerprint density at radius 2 is 0.244 bits per heavy atom. The Bertz CT molecular complexity index is 1390. The predicted octanol–water partition coefficient (Wildman–Crippen LogP) is -2.18. The van der Waals surface area contributed by atoms with Crippen molar-refractivity contribution in [2.75, 3.05) is 170 Å². The Hall–Kier alpha value is -3.76. The maximum absolute atomic E-state index is 5.62. The van der Waals surface area contributed by atoms with Gasteiger partial charge in [-0.05, 0) is 208 Å². The lowest BCUT2D eigenvalue weighted by Gasteiger charge is -2.29. The Balaban J connectivity index is -0.00000106. The van der Waals surface area contributed by atoms with Crippen LogP contribution in [0.15, 0.2) is 39.9 Å². The Morgan fingerprint density at radius 1 is 0.151 bits per heavy atom. The first kappa shape index (κ1) is 101. The van der Waals surface area contributed by atoms with Gasteiger partial charge in [-0.25, -0.2) is 0 Å². The average Bonchev–Trinajstić information content (AvgIpc) is 3.37. The third kappa shape index (κ3) is 72.7. The maximum atomic E-state index is 5.62. The van der Waals surface area contributed by atoms with E-state index in [1.807, 2.05) is 0 Å². The fraction of sp³-hybridized carbons (Fsp3) is 0.833. The van der Waals surface area contributed by atoms with E-state index < -0.39 is 0 Å². The van der Waals surface area contributed by atoms with Crippen molar-refractivity contribution < 1.29 is 0 Å². The van der Waals surface area contributed by atoms with Crippen LogP contribution in [0.2, 0.25) is 0 Å². The van der Waals surface area contributed by atoms with E-state index in [4.69, 9.17) is 91.7 Å². The number of hydrogen-bond donors (Lipinski definition) is 16. The summed E-state index contributed by atoms with van der Waals surface area (Å²) in [7, 11) is 0. The highest BCUT2D eigenvalue weighted by Gasteiger charge is 2.14. The third-order valence-corrected chi connectivity index (χ3v) is 12.4. The summed E-state index contributed by atoms with van der Waals surface area (Å²) in [4.78, 5) is 48.7. The van der Waals surface area contributed by atoms with E-state index >= 15 is 0 Å². The smallest absolute Gasteiger partial charge is 0.185 e. The molecule has 0 saturated heterocycles. The van der Waals surface area contributed by atoms with Crippen molar-refractivity contribution in [1.82, 2.24) is 29.4 Å². The van der Waals surface area contributed by atoms with Crippen molar-refractivity contribution in [3.05, 3.63) is 0 Å². The molecule has 0 aliphatic carbocycles. The van der Waals surface area contributed by atoms with Gasteiger partial charge in [-0.2, -0.15) is 0 Å². The van der Waals surface area contributed by atoms with Crippen molar-refractivity contribution in [2.45, 2.75) is 89.9 Å². The molecule has 0 aliphatic heterocycles. The van der Waals surface area contributed by atoms with E-state index in [1.54, 1.807) is 0 Å². The predicted molar refractivity (Wildman–Crippen MR) is 387 cm³/mol. The number of aliphatic imine (C=N–C) groups is 8. The molecule has 0 bridgehead atoms. The van der Waals surface area contributed by atoms with Crippen LogP contribution < -0.4 is 91.7 Å². The summed E-state index contributed by atoms with van der Waals surface area (Å²) < 4.78 is 0. The molecule has 30 nitrogen and oxygen atoms in total. The zero-order valence-electron chi connectivity index (χ0n) is 51.0. The van der Waals surface area contributed by atoms with E-state index in [-0.39, 0.29) is 147 Å². The topological polar surface area (TPSA) is 535 Å². The zero-order chi connectivity index (χ0) is 58.0. The Morgan fingerprint density at radius 3 is 0.349 bits per heavy atom. The highest BCUT2D eigenvalue weighted by molar-refractivity contribution is 5.86. The normalized spacial score (nSPS) is 10.3. The van der Waals surface area contributed by atoms with Gasteiger partial charge in [0, 0.05) is 52.4 Å². The van der Waals surface area contributed by atoms with Crippen molar-refractivity contribution in [1.29, 1.82) is 0 Å². The standard InChI is InChI=1S/C48H112N30.8ClH/c49-41(50)65-15-3-25-75(26-4-16-66-42(51)52)37-11-33-73(34-12-38-76(27-5-17-67-43(53)54)28-6-18-68-44(55)56)23-1-2-24-74(35-13-39-77(29-7-19-69-45(57)58)30-8-20-70-46(59)60)36-14-40-78(31-9-21-71-47(61)62)32-10-22-72-48(63)64;;;;;;;;/h1-40H2,(H4,49,50,65)(H4,51,52,66)(H4,53,54,67)(H4,55,56,68)(H4,57,58,69)(H4,59,60,70)(H4,61,62,71)(H4,63,64,72);8*1H. The SMILES string of the molecule is Cl.Cl.Cl.Cl.Cl.Cl.Cl.Cl.NC(N)=NCCCN(CCCN=C(N)N)CCCN(CCCCN(CCCN(CCCN=C(N)N)CCCN=C(N)N)CCCN(CCCN=C(N)N)CCCN=C(N)N)CCCN(CCCN=C(N)N)CCCN=C(N)N. The monoisotopic (exact) mass is 1400 g/mol. The van der Waals surface area contributed by atoms with Crippen LogP contribution in [-0.4, -0.2) is 247 Å². The average molecular weight is 1400 g/mol. The minimum atomic E-state index is 0. The van der Waals surface area contributed by atoms with Crippen molar-refractivity contribution >= 4 is 147 Å². The number of unbranched alkanes of at least 4 members (excludes halogenated alkanes) is 1. The number of halogens is 8. The lowest BCUT2D eigenvalue weighted by molar-refractivity contribution is 0.191. The molecule has 0 saturated carbocycles. The molecular formula is C48H120Cl8N30. The number of guanidine groups is 8. The molecule has 0 spiro atoms. The van der Waals surface area contributed by atoms with Gasteiger partial charge in [0.25, 0.3) is 0 Å². The summed E-state index contributed by atoms with van der Waals surface area (Å²) in [6, 6.07) is 0. The lowest BCUT2D eigenvalue weighted by atomic mass is 10.2. The molecule has 0 aliphatic rings. The molecule has 0 aromatic heterocycles. The summed E-state index contributed by atoms with van der Waals surface area (Å²) in [6.07, 6.45) is 12.9. The van der Waals surface area contributed by atoms with Gasteiger partial charge in [0.15, 0.2) is 47.7 Å². The van der Waals surface area contributed by atoms with Crippen LogP contribution in [0, 0.1) is 0 Å². The van der Waals surface area contributed by atoms with Gasteiger partial charge in [0.05, 0.1) is 0 Å². The van der Waals surface area contributed by atoms with E-state index in [0.717, 1.165) is 208 Å². The molecule has 86 heavy (non-hydrogen) atoms. The highest BCUT2D eigenvalue weighted by atomic mass is 35.5. The second-order valence-electron chi connectivity index (χ2n) is 19.5. The van der Waals surface area contributed by atoms with E-state index in [0.29, 0.717) is 52.4 Å². The van der Waals surface area contributed by atoms with E-state index in [9.17, 15) is 0 Å². The van der Waals surface area contributed by atoms with Gasteiger partial charge in [0.2, 0.25) is 0 Å². The second-order valence-corrected chi connectivity index (χ2v) is 19.5. The largest absolute Gasteiger partial charge is 0.370 e. The first-order valence-corrected chi connectivity index (χ1v) is 28.1. The van der Waals surface area contributed by atoms with Crippen molar-refractivity contribution in [3.8, 4) is 0 Å². The summed E-state index contributed by atoms with van der Waals surface area (Å²) in [5, 5.41) is 0. The number of nitrogens with two attached hydrogens (primary N) is 16. The van der Waals surface area contributed by atoms with E-state index in [2.05, 4.69) is 69.3 Å². The number of nitrogens with zero attached hydrogens (tertiary/aromatic N) is 14. The molecule has 0 heterocycles. The van der Waals surface area contributed by atoms with Gasteiger partial charge < -0.3 is 121 Å². The molecule has 518 valence electrons. The van der Waals surface area contributed by atoms with Gasteiger partial charge in [0.1, 0.15) is 0 Å². The molecule has 0 radical (unpaired) electrons. The van der Waals surface area contributed by atoms with Crippen molar-refractivity contribution in [3.63, 3.8) is 0 Å². The number of hydrogen-bond acceptors (Lipinski definition) is 14. The van der Waals surface area contributed by atoms with Crippen LogP contribution in [0.1, 0.15) is 89.9 Å². The molecule has 32 N–H and O–H groups in total. The summed E-state index contributed by atoms with van der Waals surface area (Å²) >= 11 is 0. The molecular weight excluding hydrogens is 1280 g/mol. The molecule has 0 rings (SSSR count).